The maximum Gasteiger partial charge on any atom is 0.220 e. The average Bonchev–Trinajstić information content (AvgIpc) is 3.56. The van der Waals surface area contributed by atoms with E-state index in [2.05, 4.69) is 40.5 Å². The highest BCUT2D eigenvalue weighted by molar-refractivity contribution is 5.76. The first-order chi connectivity index (χ1) is 14.2. The van der Waals surface area contributed by atoms with Crippen molar-refractivity contribution in [2.24, 2.45) is 5.92 Å². The normalized spacial score (nSPS) is 19.7. The second kappa shape index (κ2) is 9.93. The van der Waals surface area contributed by atoms with Crippen LogP contribution < -0.4 is 10.1 Å². The topological polar surface area (TPSA) is 41.6 Å². The molecule has 0 aromatic heterocycles. The SMILES string of the molecule is O=C(CCC1CCCN(Cc2cccc(OCc3ccccc3)c2)C1)NC1CC1. The minimum atomic E-state index is 0.243. The number of benzene rings is 2. The minimum Gasteiger partial charge on any atom is -0.489 e. The summed E-state index contributed by atoms with van der Waals surface area (Å²) < 4.78 is 5.98. The smallest absolute Gasteiger partial charge is 0.220 e. The van der Waals surface area contributed by atoms with E-state index in [1.807, 2.05) is 24.3 Å². The lowest BCUT2D eigenvalue weighted by Crippen LogP contribution is -2.35. The Bertz CT molecular complexity index is 788. The first-order valence-corrected chi connectivity index (χ1v) is 11.0. The van der Waals surface area contributed by atoms with Gasteiger partial charge < -0.3 is 10.1 Å². The van der Waals surface area contributed by atoms with Gasteiger partial charge in [0.25, 0.3) is 0 Å². The Labute approximate surface area is 174 Å². The lowest BCUT2D eigenvalue weighted by molar-refractivity contribution is -0.121. The Kier molecular flexibility index (Phi) is 6.83. The number of carbonyl (C=O) groups is 1. The monoisotopic (exact) mass is 392 g/mol. The van der Waals surface area contributed by atoms with Crippen LogP contribution in [0.15, 0.2) is 54.6 Å². The van der Waals surface area contributed by atoms with Gasteiger partial charge in [0.05, 0.1) is 0 Å². The summed E-state index contributed by atoms with van der Waals surface area (Å²) in [5.74, 6) is 1.80. The zero-order valence-electron chi connectivity index (χ0n) is 17.2. The molecule has 2 aromatic rings. The van der Waals surface area contributed by atoms with E-state index in [1.54, 1.807) is 0 Å². The van der Waals surface area contributed by atoms with Crippen molar-refractivity contribution in [1.82, 2.24) is 10.2 Å². The van der Waals surface area contributed by atoms with Gasteiger partial charge in [0.1, 0.15) is 12.4 Å². The molecule has 4 nitrogen and oxygen atoms in total. The molecule has 1 atom stereocenters. The molecule has 2 aromatic carbocycles. The molecule has 1 unspecified atom stereocenters. The highest BCUT2D eigenvalue weighted by atomic mass is 16.5. The van der Waals surface area contributed by atoms with Gasteiger partial charge in [-0.1, -0.05) is 42.5 Å². The zero-order valence-corrected chi connectivity index (χ0v) is 17.2. The summed E-state index contributed by atoms with van der Waals surface area (Å²) in [6, 6.07) is 19.2. The average molecular weight is 393 g/mol. The molecular formula is C25H32N2O2. The van der Waals surface area contributed by atoms with E-state index in [9.17, 15) is 4.79 Å². The molecule has 1 amide bonds. The molecular weight excluding hydrogens is 360 g/mol. The maximum absolute atomic E-state index is 12.0. The third kappa shape index (κ3) is 6.60. The van der Waals surface area contributed by atoms with Crippen LogP contribution in [0.4, 0.5) is 0 Å². The number of nitrogens with one attached hydrogen (secondary N) is 1. The Morgan fingerprint density at radius 1 is 1.03 bits per heavy atom. The van der Waals surface area contributed by atoms with E-state index < -0.39 is 0 Å². The number of ether oxygens (including phenoxy) is 1. The maximum atomic E-state index is 12.0. The predicted octanol–water partition coefficient (Wildman–Crippen LogP) is 4.54. The molecule has 0 bridgehead atoms. The lowest BCUT2D eigenvalue weighted by atomic mass is 9.93. The van der Waals surface area contributed by atoms with Crippen LogP contribution in [0.2, 0.25) is 0 Å². The molecule has 1 saturated carbocycles. The second-order valence-corrected chi connectivity index (χ2v) is 8.55. The summed E-state index contributed by atoms with van der Waals surface area (Å²) in [5.41, 5.74) is 2.48. The number of likely N-dealkylation sites (tertiary alicyclic amines) is 1. The van der Waals surface area contributed by atoms with Crippen LogP contribution in [0.3, 0.4) is 0 Å². The summed E-state index contributed by atoms with van der Waals surface area (Å²) in [4.78, 5) is 14.5. The van der Waals surface area contributed by atoms with E-state index in [-0.39, 0.29) is 5.91 Å². The summed E-state index contributed by atoms with van der Waals surface area (Å²) in [7, 11) is 0. The summed E-state index contributed by atoms with van der Waals surface area (Å²) >= 11 is 0. The molecule has 1 aliphatic carbocycles. The number of amides is 1. The van der Waals surface area contributed by atoms with Crippen molar-refractivity contribution in [2.45, 2.75) is 57.7 Å². The molecule has 0 radical (unpaired) electrons. The first kappa shape index (κ1) is 20.0. The first-order valence-electron chi connectivity index (χ1n) is 11.0. The quantitative estimate of drug-likeness (QED) is 0.681. The summed E-state index contributed by atoms with van der Waals surface area (Å²) in [5, 5.41) is 3.11. The van der Waals surface area contributed by atoms with Crippen LogP contribution in [0.1, 0.15) is 49.7 Å². The van der Waals surface area contributed by atoms with Crippen molar-refractivity contribution in [3.8, 4) is 5.75 Å². The molecule has 1 saturated heterocycles. The molecule has 4 rings (SSSR count). The molecule has 0 spiro atoms. The molecule has 4 heteroatoms. The van der Waals surface area contributed by atoms with Gasteiger partial charge >= 0.3 is 0 Å². The standard InChI is InChI=1S/C25H32N2O2/c28-25(26-23-12-13-23)14-11-20-9-5-15-27(17-20)18-22-8-4-10-24(16-22)29-19-21-6-2-1-3-7-21/h1-4,6-8,10,16,20,23H,5,9,11-15,17-19H2,(H,26,28). The third-order valence-electron chi connectivity index (χ3n) is 5.88. The van der Waals surface area contributed by atoms with Gasteiger partial charge in [-0.3, -0.25) is 9.69 Å². The van der Waals surface area contributed by atoms with Gasteiger partial charge in [-0.15, -0.1) is 0 Å². The summed E-state index contributed by atoms with van der Waals surface area (Å²) in [6.45, 7) is 3.78. The number of hydrogen-bond acceptors (Lipinski definition) is 3. The lowest BCUT2D eigenvalue weighted by Gasteiger charge is -2.32. The fourth-order valence-corrected chi connectivity index (χ4v) is 4.13. The van der Waals surface area contributed by atoms with Gasteiger partial charge in [0.15, 0.2) is 0 Å². The van der Waals surface area contributed by atoms with Crippen LogP contribution in [0.25, 0.3) is 0 Å². The highest BCUT2D eigenvalue weighted by Crippen LogP contribution is 2.24. The largest absolute Gasteiger partial charge is 0.489 e. The number of carbonyl (C=O) groups excluding carboxylic acids is 1. The molecule has 1 N–H and O–H groups in total. The molecule has 1 heterocycles. The van der Waals surface area contributed by atoms with E-state index >= 15 is 0 Å². The van der Waals surface area contributed by atoms with Gasteiger partial charge in [-0.05, 0) is 67.8 Å². The summed E-state index contributed by atoms with van der Waals surface area (Å²) in [6.07, 6.45) is 6.48. The van der Waals surface area contributed by atoms with E-state index in [1.165, 1.54) is 24.0 Å². The highest BCUT2D eigenvalue weighted by Gasteiger charge is 2.25. The Balaban J connectivity index is 1.24. The van der Waals surface area contributed by atoms with Crippen molar-refractivity contribution in [2.75, 3.05) is 13.1 Å². The van der Waals surface area contributed by atoms with Crippen LogP contribution in [-0.4, -0.2) is 29.9 Å². The van der Waals surface area contributed by atoms with Crippen LogP contribution in [0.5, 0.6) is 5.75 Å². The van der Waals surface area contributed by atoms with E-state index in [0.29, 0.717) is 25.0 Å². The van der Waals surface area contributed by atoms with Crippen molar-refractivity contribution in [3.05, 3.63) is 65.7 Å². The van der Waals surface area contributed by atoms with Crippen molar-refractivity contribution in [3.63, 3.8) is 0 Å². The number of hydrogen-bond donors (Lipinski definition) is 1. The fourth-order valence-electron chi connectivity index (χ4n) is 4.13. The Hall–Kier alpha value is -2.33. The number of nitrogens with zero attached hydrogens (tertiary/aromatic N) is 1. The molecule has 2 aliphatic rings. The van der Waals surface area contributed by atoms with Crippen LogP contribution in [0, 0.1) is 5.92 Å². The number of piperidine rings is 1. The van der Waals surface area contributed by atoms with Gasteiger partial charge in [-0.25, -0.2) is 0 Å². The Morgan fingerprint density at radius 2 is 1.86 bits per heavy atom. The zero-order chi connectivity index (χ0) is 19.9. The van der Waals surface area contributed by atoms with Crippen molar-refractivity contribution < 1.29 is 9.53 Å². The van der Waals surface area contributed by atoms with Crippen LogP contribution in [-0.2, 0) is 17.9 Å². The molecule has 1 aliphatic heterocycles. The molecule has 154 valence electrons. The van der Waals surface area contributed by atoms with E-state index in [0.717, 1.165) is 44.6 Å². The molecule has 29 heavy (non-hydrogen) atoms. The number of rotatable bonds is 9. The second-order valence-electron chi connectivity index (χ2n) is 8.55. The third-order valence-corrected chi connectivity index (χ3v) is 5.88. The predicted molar refractivity (Wildman–Crippen MR) is 116 cm³/mol. The van der Waals surface area contributed by atoms with Crippen molar-refractivity contribution in [1.29, 1.82) is 0 Å². The van der Waals surface area contributed by atoms with Crippen molar-refractivity contribution >= 4 is 5.91 Å². The van der Waals surface area contributed by atoms with Gasteiger partial charge in [0, 0.05) is 25.6 Å². The van der Waals surface area contributed by atoms with Gasteiger partial charge in [0.2, 0.25) is 5.91 Å². The fraction of sp³-hybridized carbons (Fsp3) is 0.480. The molecule has 2 fully saturated rings. The van der Waals surface area contributed by atoms with Gasteiger partial charge in [-0.2, -0.15) is 0 Å². The minimum absolute atomic E-state index is 0.243. The van der Waals surface area contributed by atoms with E-state index in [4.69, 9.17) is 4.74 Å². The Morgan fingerprint density at radius 3 is 2.69 bits per heavy atom. The van der Waals surface area contributed by atoms with Crippen LogP contribution >= 0.6 is 0 Å².